The molecule has 1 N–H and O–H groups in total. The number of benzene rings is 1. The molecular formula is C18H23ClN2O2S. The highest BCUT2D eigenvalue weighted by Crippen LogP contribution is 2.22. The van der Waals surface area contributed by atoms with Gasteiger partial charge in [0.05, 0.1) is 17.4 Å². The highest BCUT2D eigenvalue weighted by molar-refractivity contribution is 7.16. The van der Waals surface area contributed by atoms with E-state index in [1.807, 2.05) is 50.2 Å². The molecule has 0 aliphatic rings. The highest BCUT2D eigenvalue weighted by atomic mass is 35.5. The number of ether oxygens (including phenoxy) is 1. The second-order valence-corrected chi connectivity index (χ2v) is 7.32. The van der Waals surface area contributed by atoms with Crippen LogP contribution in [0.25, 0.3) is 0 Å². The molecule has 6 heteroatoms. The number of nitrogens with zero attached hydrogens (tertiary/aromatic N) is 1. The van der Waals surface area contributed by atoms with Gasteiger partial charge in [0.1, 0.15) is 12.4 Å². The number of thiophene rings is 1. The Labute approximate surface area is 152 Å². The molecule has 4 nitrogen and oxygen atoms in total. The van der Waals surface area contributed by atoms with Crippen molar-refractivity contribution in [2.45, 2.75) is 20.4 Å². The Morgan fingerprint density at radius 2 is 2.17 bits per heavy atom. The minimum atomic E-state index is 0.00680. The van der Waals surface area contributed by atoms with Crippen LogP contribution in [0.5, 0.6) is 5.75 Å². The molecule has 0 aliphatic carbocycles. The highest BCUT2D eigenvalue weighted by Gasteiger charge is 2.10. The van der Waals surface area contributed by atoms with Crippen LogP contribution >= 0.6 is 22.9 Å². The van der Waals surface area contributed by atoms with E-state index in [2.05, 4.69) is 10.2 Å². The average Bonchev–Trinajstić information content (AvgIpc) is 2.96. The lowest BCUT2D eigenvalue weighted by Crippen LogP contribution is -2.38. The van der Waals surface area contributed by atoms with Crippen molar-refractivity contribution >= 4 is 28.8 Å². The molecule has 2 aromatic rings. The Bertz CT molecular complexity index is 660. The van der Waals surface area contributed by atoms with E-state index in [0.717, 1.165) is 33.6 Å². The van der Waals surface area contributed by atoms with Crippen LogP contribution < -0.4 is 10.1 Å². The first-order valence-electron chi connectivity index (χ1n) is 7.99. The molecule has 0 unspecified atom stereocenters. The van der Waals surface area contributed by atoms with Gasteiger partial charge < -0.3 is 10.1 Å². The largest absolute Gasteiger partial charge is 0.492 e. The predicted molar refractivity (Wildman–Crippen MR) is 100.0 cm³/mol. The number of rotatable bonds is 9. The van der Waals surface area contributed by atoms with Crippen LogP contribution in [0.15, 0.2) is 36.4 Å². The van der Waals surface area contributed by atoms with Crippen LogP contribution in [0.2, 0.25) is 4.34 Å². The van der Waals surface area contributed by atoms with Gasteiger partial charge in [-0.3, -0.25) is 9.69 Å². The Morgan fingerprint density at radius 1 is 1.33 bits per heavy atom. The number of hydrogen-bond acceptors (Lipinski definition) is 4. The van der Waals surface area contributed by atoms with E-state index in [1.165, 1.54) is 0 Å². The Hall–Kier alpha value is -1.56. The number of hydrogen-bond donors (Lipinski definition) is 1. The molecular weight excluding hydrogens is 344 g/mol. The third-order valence-electron chi connectivity index (χ3n) is 3.51. The van der Waals surface area contributed by atoms with E-state index >= 15 is 0 Å². The average molecular weight is 367 g/mol. The van der Waals surface area contributed by atoms with E-state index in [9.17, 15) is 4.79 Å². The monoisotopic (exact) mass is 366 g/mol. The Morgan fingerprint density at radius 3 is 2.83 bits per heavy atom. The second-order valence-electron chi connectivity index (χ2n) is 5.52. The lowest BCUT2D eigenvalue weighted by Gasteiger charge is -2.19. The second kappa shape index (κ2) is 9.67. The zero-order valence-corrected chi connectivity index (χ0v) is 15.6. The summed E-state index contributed by atoms with van der Waals surface area (Å²) in [6.07, 6.45) is 0. The van der Waals surface area contributed by atoms with Crippen molar-refractivity contribution in [2.75, 3.05) is 26.2 Å². The molecule has 1 aromatic carbocycles. The number of amides is 1. The molecule has 1 amide bonds. The van der Waals surface area contributed by atoms with Gasteiger partial charge in [-0.1, -0.05) is 30.7 Å². The summed E-state index contributed by atoms with van der Waals surface area (Å²) in [6, 6.07) is 11.8. The molecule has 0 atom stereocenters. The van der Waals surface area contributed by atoms with Crippen LogP contribution in [-0.2, 0) is 11.3 Å². The van der Waals surface area contributed by atoms with Gasteiger partial charge in [0, 0.05) is 11.4 Å². The van der Waals surface area contributed by atoms with Gasteiger partial charge in [0.2, 0.25) is 5.91 Å². The molecule has 0 aliphatic heterocycles. The standard InChI is InChI=1S/C18H23ClN2O2S/c1-3-21(12-16-7-8-17(19)24-16)13-18(22)20-9-10-23-15-6-4-5-14(2)11-15/h4-8,11H,3,9-10,12-13H2,1-2H3,(H,20,22). The fourth-order valence-electron chi connectivity index (χ4n) is 2.26. The molecule has 1 heterocycles. The number of likely N-dealkylation sites (N-methyl/N-ethyl adjacent to an activating group) is 1. The fourth-order valence-corrected chi connectivity index (χ4v) is 3.39. The Kier molecular flexibility index (Phi) is 7.56. The topological polar surface area (TPSA) is 41.6 Å². The van der Waals surface area contributed by atoms with E-state index in [0.29, 0.717) is 19.7 Å². The summed E-state index contributed by atoms with van der Waals surface area (Å²) in [5, 5.41) is 2.90. The summed E-state index contributed by atoms with van der Waals surface area (Å²) >= 11 is 7.50. The van der Waals surface area contributed by atoms with Crippen molar-refractivity contribution in [2.24, 2.45) is 0 Å². The molecule has 0 spiro atoms. The molecule has 2 rings (SSSR count). The van der Waals surface area contributed by atoms with Crippen molar-refractivity contribution in [1.82, 2.24) is 10.2 Å². The number of halogens is 1. The van der Waals surface area contributed by atoms with Crippen molar-refractivity contribution in [1.29, 1.82) is 0 Å². The number of carbonyl (C=O) groups excluding carboxylic acids is 1. The first-order valence-corrected chi connectivity index (χ1v) is 9.19. The minimum absolute atomic E-state index is 0.00680. The molecule has 0 saturated heterocycles. The van der Waals surface area contributed by atoms with Crippen LogP contribution in [0.1, 0.15) is 17.4 Å². The maximum Gasteiger partial charge on any atom is 0.234 e. The van der Waals surface area contributed by atoms with Crippen LogP contribution in [0.4, 0.5) is 0 Å². The Balaban J connectivity index is 1.67. The summed E-state index contributed by atoms with van der Waals surface area (Å²) in [5.74, 6) is 0.835. The van der Waals surface area contributed by atoms with Gasteiger partial charge >= 0.3 is 0 Å². The summed E-state index contributed by atoms with van der Waals surface area (Å²) in [6.45, 7) is 6.94. The molecule has 0 radical (unpaired) electrons. The third kappa shape index (κ3) is 6.51. The molecule has 24 heavy (non-hydrogen) atoms. The van der Waals surface area contributed by atoms with Gasteiger partial charge in [-0.15, -0.1) is 11.3 Å². The van der Waals surface area contributed by atoms with Crippen molar-refractivity contribution in [3.63, 3.8) is 0 Å². The summed E-state index contributed by atoms with van der Waals surface area (Å²) < 4.78 is 6.40. The summed E-state index contributed by atoms with van der Waals surface area (Å²) in [7, 11) is 0. The number of carbonyl (C=O) groups is 1. The zero-order valence-electron chi connectivity index (χ0n) is 14.0. The minimum Gasteiger partial charge on any atom is -0.492 e. The third-order valence-corrected chi connectivity index (χ3v) is 4.72. The number of nitrogens with one attached hydrogen (secondary N) is 1. The first kappa shape index (κ1) is 18.8. The van der Waals surface area contributed by atoms with Gasteiger partial charge in [0.15, 0.2) is 0 Å². The van der Waals surface area contributed by atoms with Crippen molar-refractivity contribution in [3.8, 4) is 5.75 Å². The van der Waals surface area contributed by atoms with Crippen LogP contribution in [-0.4, -0.2) is 37.0 Å². The predicted octanol–water partition coefficient (Wildman–Crippen LogP) is 3.73. The summed E-state index contributed by atoms with van der Waals surface area (Å²) in [5.41, 5.74) is 1.16. The van der Waals surface area contributed by atoms with Gasteiger partial charge in [-0.2, -0.15) is 0 Å². The van der Waals surface area contributed by atoms with Crippen molar-refractivity contribution < 1.29 is 9.53 Å². The molecule has 0 bridgehead atoms. The van der Waals surface area contributed by atoms with E-state index in [1.54, 1.807) is 11.3 Å². The normalized spacial score (nSPS) is 10.8. The van der Waals surface area contributed by atoms with E-state index in [4.69, 9.17) is 16.3 Å². The maximum atomic E-state index is 12.0. The number of aryl methyl sites for hydroxylation is 1. The van der Waals surface area contributed by atoms with Crippen LogP contribution in [0.3, 0.4) is 0 Å². The smallest absolute Gasteiger partial charge is 0.234 e. The summed E-state index contributed by atoms with van der Waals surface area (Å²) in [4.78, 5) is 15.3. The quantitative estimate of drug-likeness (QED) is 0.687. The fraction of sp³-hybridized carbons (Fsp3) is 0.389. The van der Waals surface area contributed by atoms with Gasteiger partial charge in [-0.25, -0.2) is 0 Å². The lowest BCUT2D eigenvalue weighted by atomic mass is 10.2. The molecule has 0 fully saturated rings. The SMILES string of the molecule is CCN(CC(=O)NCCOc1cccc(C)c1)Cc1ccc(Cl)s1. The van der Waals surface area contributed by atoms with E-state index < -0.39 is 0 Å². The first-order chi connectivity index (χ1) is 11.6. The maximum absolute atomic E-state index is 12.0. The zero-order chi connectivity index (χ0) is 17.4. The van der Waals surface area contributed by atoms with Crippen molar-refractivity contribution in [3.05, 3.63) is 51.2 Å². The van der Waals surface area contributed by atoms with Gasteiger partial charge in [0.25, 0.3) is 0 Å². The van der Waals surface area contributed by atoms with E-state index in [-0.39, 0.29) is 5.91 Å². The lowest BCUT2D eigenvalue weighted by molar-refractivity contribution is -0.122. The molecule has 1 aromatic heterocycles. The molecule has 0 saturated carbocycles. The van der Waals surface area contributed by atoms with Gasteiger partial charge in [-0.05, 0) is 43.3 Å². The van der Waals surface area contributed by atoms with Crippen LogP contribution in [0, 0.1) is 6.92 Å². The molecule has 130 valence electrons.